The van der Waals surface area contributed by atoms with Crippen LogP contribution >= 0.6 is 0 Å². The van der Waals surface area contributed by atoms with Gasteiger partial charge in [0, 0.05) is 30.1 Å². The number of esters is 1. The van der Waals surface area contributed by atoms with Crippen molar-refractivity contribution in [2.45, 2.75) is 83.3 Å². The number of carbonyl (C=O) groups is 3. The van der Waals surface area contributed by atoms with Crippen LogP contribution in [0.3, 0.4) is 0 Å². The second-order valence-corrected chi connectivity index (χ2v) is 10.8. The predicted molar refractivity (Wildman–Crippen MR) is 110 cm³/mol. The zero-order chi connectivity index (χ0) is 23.9. The zero-order valence-corrected chi connectivity index (χ0v) is 19.0. The quantitative estimate of drug-likeness (QED) is 0.636. The highest BCUT2D eigenvalue weighted by Crippen LogP contribution is 2.71. The average Bonchev–Trinajstić information content (AvgIpc) is 2.91. The molecule has 8 heteroatoms. The minimum Gasteiger partial charge on any atom is -0.458 e. The lowest BCUT2D eigenvalue weighted by Gasteiger charge is -2.63. The van der Waals surface area contributed by atoms with Gasteiger partial charge in [-0.25, -0.2) is 8.78 Å². The molecule has 0 aromatic carbocycles. The number of allylic oxidation sites excluding steroid dienone is 1. The molecule has 9 atom stereocenters. The van der Waals surface area contributed by atoms with E-state index in [1.54, 1.807) is 20.8 Å². The molecule has 3 saturated carbocycles. The number of Topliss-reactive ketones (excluding diaryl/α,β-unsaturated/α-hetero) is 1. The van der Waals surface area contributed by atoms with E-state index < -0.39 is 70.5 Å². The minimum atomic E-state index is -2.18. The number of rotatable bonds is 3. The fourth-order valence-electron chi connectivity index (χ4n) is 7.77. The first-order valence-electron chi connectivity index (χ1n) is 11.4. The summed E-state index contributed by atoms with van der Waals surface area (Å²) in [5.74, 6) is -3.67. The molecule has 0 amide bonds. The Morgan fingerprint density at radius 1 is 1.25 bits per heavy atom. The number of aliphatic hydroxyl groups is 2. The fourth-order valence-corrected chi connectivity index (χ4v) is 7.77. The van der Waals surface area contributed by atoms with Crippen LogP contribution in [0, 0.1) is 28.6 Å². The highest BCUT2D eigenvalue weighted by Gasteiger charge is 2.76. The van der Waals surface area contributed by atoms with E-state index in [2.05, 4.69) is 0 Å². The maximum atomic E-state index is 17.1. The smallest absolute Gasteiger partial charge is 0.303 e. The van der Waals surface area contributed by atoms with Crippen molar-refractivity contribution in [1.29, 1.82) is 0 Å². The van der Waals surface area contributed by atoms with Crippen molar-refractivity contribution in [3.8, 4) is 0 Å². The summed E-state index contributed by atoms with van der Waals surface area (Å²) in [5.41, 5.74) is -6.57. The largest absolute Gasteiger partial charge is 0.458 e. The van der Waals surface area contributed by atoms with Gasteiger partial charge in [0.2, 0.25) is 5.78 Å². The molecule has 0 aromatic heterocycles. The number of halogens is 2. The first-order chi connectivity index (χ1) is 14.7. The van der Waals surface area contributed by atoms with Crippen molar-refractivity contribution in [2.24, 2.45) is 28.6 Å². The summed E-state index contributed by atoms with van der Waals surface area (Å²) in [4.78, 5) is 36.2. The Hall–Kier alpha value is -1.67. The lowest BCUT2D eigenvalue weighted by Crippen LogP contribution is -2.71. The molecule has 6 nitrogen and oxygen atoms in total. The summed E-state index contributed by atoms with van der Waals surface area (Å²) in [7, 11) is 0. The number of fused-ring (bicyclic) bond motifs is 5. The van der Waals surface area contributed by atoms with Crippen molar-refractivity contribution in [2.75, 3.05) is 6.61 Å². The molecule has 0 aromatic rings. The lowest BCUT2D eigenvalue weighted by molar-refractivity contribution is -0.233. The Labute approximate surface area is 186 Å². The van der Waals surface area contributed by atoms with Gasteiger partial charge in [-0.15, -0.1) is 0 Å². The van der Waals surface area contributed by atoms with E-state index in [0.717, 1.165) is 6.92 Å². The van der Waals surface area contributed by atoms with E-state index in [9.17, 15) is 24.6 Å². The van der Waals surface area contributed by atoms with Crippen LogP contribution in [0.5, 0.6) is 0 Å². The van der Waals surface area contributed by atoms with Crippen LogP contribution in [-0.4, -0.2) is 57.9 Å². The van der Waals surface area contributed by atoms with Crippen LogP contribution in [0.4, 0.5) is 8.78 Å². The Kier molecular flexibility index (Phi) is 5.26. The first-order valence-corrected chi connectivity index (χ1v) is 11.4. The highest BCUT2D eigenvalue weighted by molar-refractivity contribution is 5.92. The second kappa shape index (κ2) is 7.16. The summed E-state index contributed by atoms with van der Waals surface area (Å²) in [5, 5.41) is 22.9. The predicted octanol–water partition coefficient (Wildman–Crippen LogP) is 2.64. The Bertz CT molecular complexity index is 903. The summed E-state index contributed by atoms with van der Waals surface area (Å²) in [6.45, 7) is 5.47. The number of hydrogen-bond donors (Lipinski definition) is 2. The van der Waals surface area contributed by atoms with Gasteiger partial charge in [-0.1, -0.05) is 20.8 Å². The number of ketones is 2. The molecule has 178 valence electrons. The normalized spacial score (nSPS) is 50.1. The molecule has 4 aliphatic rings. The Morgan fingerprint density at radius 2 is 1.91 bits per heavy atom. The second-order valence-electron chi connectivity index (χ2n) is 10.8. The van der Waals surface area contributed by atoms with Crippen LogP contribution in [0.1, 0.15) is 59.8 Å². The van der Waals surface area contributed by atoms with E-state index in [4.69, 9.17) is 4.74 Å². The summed E-state index contributed by atoms with van der Waals surface area (Å²) in [6, 6.07) is 0. The number of hydrogen-bond acceptors (Lipinski definition) is 6. The molecule has 0 saturated heterocycles. The molecule has 4 rings (SSSR count). The lowest BCUT2D eigenvalue weighted by atomic mass is 9.43. The summed E-state index contributed by atoms with van der Waals surface area (Å²) < 4.78 is 37.3. The maximum Gasteiger partial charge on any atom is 0.303 e. The molecule has 32 heavy (non-hydrogen) atoms. The molecular formula is C24H32F2O6. The SMILES string of the molecule is CC(=O)OCC(=O)[C@@]1(O)[C@H](C)C[C@H]2[C@@H]3C[C@H](F)C4=CC(=O)CC[C@]4(C)[C@@]3(F)[C@@H](O)C[C@@]21C. The van der Waals surface area contributed by atoms with Gasteiger partial charge in [0.25, 0.3) is 0 Å². The molecule has 3 fully saturated rings. The number of alkyl halides is 2. The summed E-state index contributed by atoms with van der Waals surface area (Å²) in [6.07, 6.45) is -1.81. The van der Waals surface area contributed by atoms with E-state index in [-0.39, 0.29) is 43.5 Å². The molecule has 0 radical (unpaired) electrons. The van der Waals surface area contributed by atoms with Gasteiger partial charge >= 0.3 is 5.97 Å². The Balaban J connectivity index is 1.78. The third kappa shape index (κ3) is 2.71. The van der Waals surface area contributed by atoms with Gasteiger partial charge in [0.1, 0.15) is 17.4 Å². The molecule has 0 heterocycles. The van der Waals surface area contributed by atoms with Gasteiger partial charge in [-0.3, -0.25) is 14.4 Å². The van der Waals surface area contributed by atoms with Gasteiger partial charge in [-0.05, 0) is 49.2 Å². The minimum absolute atomic E-state index is 0.0843. The number of carbonyl (C=O) groups excluding carboxylic acids is 3. The van der Waals surface area contributed by atoms with E-state index >= 15 is 8.78 Å². The van der Waals surface area contributed by atoms with Crippen molar-refractivity contribution in [3.63, 3.8) is 0 Å². The van der Waals surface area contributed by atoms with Crippen molar-refractivity contribution < 1.29 is 38.1 Å². The van der Waals surface area contributed by atoms with Gasteiger partial charge in [-0.2, -0.15) is 0 Å². The molecule has 2 N–H and O–H groups in total. The van der Waals surface area contributed by atoms with Gasteiger partial charge in [0.15, 0.2) is 12.4 Å². The fraction of sp³-hybridized carbons (Fsp3) is 0.792. The van der Waals surface area contributed by atoms with E-state index in [1.165, 1.54) is 6.08 Å². The molecule has 0 bridgehead atoms. The van der Waals surface area contributed by atoms with Crippen LogP contribution < -0.4 is 0 Å². The maximum absolute atomic E-state index is 17.1. The van der Waals surface area contributed by atoms with Gasteiger partial charge < -0.3 is 14.9 Å². The van der Waals surface area contributed by atoms with Gasteiger partial charge in [0.05, 0.1) is 6.10 Å². The standard InChI is InChI=1S/C24H32F2O6/c1-12-7-15-16-9-18(25)17-8-14(28)5-6-21(17,3)23(16,26)19(29)10-22(15,4)24(12,31)20(30)11-32-13(2)27/h8,12,15-16,18-19,29,31H,5-7,9-11H2,1-4H3/t12-,15+,16+,18+,19+,21+,22+,23+,24+/m1/s1. The average molecular weight is 455 g/mol. The topological polar surface area (TPSA) is 101 Å². The third-order valence-electron chi connectivity index (χ3n) is 9.44. The summed E-state index contributed by atoms with van der Waals surface area (Å²) >= 11 is 0. The first kappa shape index (κ1) is 23.5. The van der Waals surface area contributed by atoms with Crippen molar-refractivity contribution >= 4 is 17.5 Å². The zero-order valence-electron chi connectivity index (χ0n) is 19.0. The highest BCUT2D eigenvalue weighted by atomic mass is 19.1. The number of aliphatic hydroxyl groups excluding tert-OH is 1. The molecule has 4 aliphatic carbocycles. The molecule has 0 spiro atoms. The van der Waals surface area contributed by atoms with E-state index in [1.807, 2.05) is 0 Å². The van der Waals surface area contributed by atoms with E-state index in [0.29, 0.717) is 0 Å². The van der Waals surface area contributed by atoms with Crippen LogP contribution in [0.25, 0.3) is 0 Å². The van der Waals surface area contributed by atoms with Crippen LogP contribution in [0.2, 0.25) is 0 Å². The Morgan fingerprint density at radius 3 is 2.53 bits per heavy atom. The van der Waals surface area contributed by atoms with Crippen molar-refractivity contribution in [1.82, 2.24) is 0 Å². The molecular weight excluding hydrogens is 422 g/mol. The third-order valence-corrected chi connectivity index (χ3v) is 9.44. The molecule has 0 unspecified atom stereocenters. The van der Waals surface area contributed by atoms with Crippen LogP contribution in [0.15, 0.2) is 11.6 Å². The monoisotopic (exact) mass is 454 g/mol. The van der Waals surface area contributed by atoms with Crippen molar-refractivity contribution in [3.05, 3.63) is 11.6 Å². The number of ether oxygens (including phenoxy) is 1. The molecule has 0 aliphatic heterocycles. The van der Waals surface area contributed by atoms with Crippen LogP contribution in [-0.2, 0) is 19.1 Å².